The number of nitrogens with zero attached hydrogens (tertiary/aromatic N) is 1. The highest BCUT2D eigenvalue weighted by Gasteiger charge is 2.25. The van der Waals surface area contributed by atoms with E-state index in [0.717, 1.165) is 29.7 Å². The minimum atomic E-state index is 0.351. The van der Waals surface area contributed by atoms with E-state index in [-0.39, 0.29) is 0 Å². The molecule has 1 fully saturated rings. The fraction of sp³-hybridized carbons (Fsp3) is 0.538. The Morgan fingerprint density at radius 2 is 2.00 bits per heavy atom. The molecule has 1 aliphatic rings. The molecule has 16 heavy (non-hydrogen) atoms. The van der Waals surface area contributed by atoms with Crippen molar-refractivity contribution in [2.24, 2.45) is 0 Å². The van der Waals surface area contributed by atoms with Gasteiger partial charge in [-0.1, -0.05) is 15.9 Å². The molecule has 3 heteroatoms. The Kier molecular flexibility index (Phi) is 3.87. The number of benzene rings is 1. The van der Waals surface area contributed by atoms with Crippen LogP contribution in [0.15, 0.2) is 28.7 Å². The molecule has 1 atom stereocenters. The molecule has 1 aromatic carbocycles. The van der Waals surface area contributed by atoms with Gasteiger partial charge < -0.3 is 4.74 Å². The van der Waals surface area contributed by atoms with Crippen LogP contribution in [0.1, 0.15) is 20.3 Å². The SMILES string of the molecule is CC(C)N1CCC(Oc2ccc(Br)cc2)C1. The summed E-state index contributed by atoms with van der Waals surface area (Å²) >= 11 is 3.42. The van der Waals surface area contributed by atoms with Crippen molar-refractivity contribution in [2.45, 2.75) is 32.4 Å². The van der Waals surface area contributed by atoms with Crippen molar-refractivity contribution in [3.63, 3.8) is 0 Å². The third-order valence-corrected chi connectivity index (χ3v) is 3.55. The van der Waals surface area contributed by atoms with Crippen LogP contribution < -0.4 is 4.74 Å². The molecule has 1 heterocycles. The molecule has 0 bridgehead atoms. The molecule has 0 aromatic heterocycles. The molecule has 1 aliphatic heterocycles. The highest BCUT2D eigenvalue weighted by Crippen LogP contribution is 2.21. The first-order valence-electron chi connectivity index (χ1n) is 5.81. The number of ether oxygens (including phenoxy) is 1. The van der Waals surface area contributed by atoms with E-state index >= 15 is 0 Å². The molecule has 2 rings (SSSR count). The molecular weight excluding hydrogens is 266 g/mol. The Morgan fingerprint density at radius 3 is 2.56 bits per heavy atom. The maximum atomic E-state index is 5.95. The minimum Gasteiger partial charge on any atom is -0.489 e. The molecule has 1 unspecified atom stereocenters. The van der Waals surface area contributed by atoms with Gasteiger partial charge in [-0.05, 0) is 44.5 Å². The van der Waals surface area contributed by atoms with E-state index in [9.17, 15) is 0 Å². The first kappa shape index (κ1) is 11.9. The number of rotatable bonds is 3. The second-order valence-electron chi connectivity index (χ2n) is 4.57. The van der Waals surface area contributed by atoms with Gasteiger partial charge in [0.05, 0.1) is 0 Å². The lowest BCUT2D eigenvalue weighted by molar-refractivity contribution is 0.187. The third kappa shape index (κ3) is 2.98. The van der Waals surface area contributed by atoms with E-state index in [1.54, 1.807) is 0 Å². The van der Waals surface area contributed by atoms with Gasteiger partial charge in [0.1, 0.15) is 11.9 Å². The summed E-state index contributed by atoms with van der Waals surface area (Å²) < 4.78 is 7.04. The standard InChI is InChI=1S/C13H18BrNO/c1-10(2)15-8-7-13(9-15)16-12-5-3-11(14)4-6-12/h3-6,10,13H,7-9H2,1-2H3. The summed E-state index contributed by atoms with van der Waals surface area (Å²) in [5, 5.41) is 0. The molecule has 0 radical (unpaired) electrons. The number of hydrogen-bond donors (Lipinski definition) is 0. The van der Waals surface area contributed by atoms with Crippen LogP contribution >= 0.6 is 15.9 Å². The molecule has 1 saturated heterocycles. The van der Waals surface area contributed by atoms with Crippen LogP contribution in [0.25, 0.3) is 0 Å². The monoisotopic (exact) mass is 283 g/mol. The summed E-state index contributed by atoms with van der Waals surface area (Å²) in [6, 6.07) is 8.69. The fourth-order valence-corrected chi connectivity index (χ4v) is 2.29. The van der Waals surface area contributed by atoms with Crippen molar-refractivity contribution in [2.75, 3.05) is 13.1 Å². The van der Waals surface area contributed by atoms with E-state index in [0.29, 0.717) is 12.1 Å². The summed E-state index contributed by atoms with van der Waals surface area (Å²) in [6.07, 6.45) is 1.48. The summed E-state index contributed by atoms with van der Waals surface area (Å²) in [7, 11) is 0. The predicted octanol–water partition coefficient (Wildman–Crippen LogP) is 3.31. The predicted molar refractivity (Wildman–Crippen MR) is 69.9 cm³/mol. The van der Waals surface area contributed by atoms with Gasteiger partial charge in [-0.3, -0.25) is 4.90 Å². The Balaban J connectivity index is 1.89. The molecule has 0 spiro atoms. The van der Waals surface area contributed by atoms with Crippen molar-refractivity contribution in [1.29, 1.82) is 0 Å². The average molecular weight is 284 g/mol. The third-order valence-electron chi connectivity index (χ3n) is 3.02. The molecule has 2 nitrogen and oxygen atoms in total. The van der Waals surface area contributed by atoms with E-state index < -0.39 is 0 Å². The van der Waals surface area contributed by atoms with Gasteiger partial charge in [-0.15, -0.1) is 0 Å². The van der Waals surface area contributed by atoms with Crippen molar-refractivity contribution < 1.29 is 4.74 Å². The Morgan fingerprint density at radius 1 is 1.31 bits per heavy atom. The summed E-state index contributed by atoms with van der Waals surface area (Å²) in [4.78, 5) is 2.46. The molecule has 0 saturated carbocycles. The van der Waals surface area contributed by atoms with Crippen LogP contribution in [0.5, 0.6) is 5.75 Å². The number of hydrogen-bond acceptors (Lipinski definition) is 2. The smallest absolute Gasteiger partial charge is 0.119 e. The topological polar surface area (TPSA) is 12.5 Å². The largest absolute Gasteiger partial charge is 0.489 e. The zero-order valence-corrected chi connectivity index (χ0v) is 11.4. The van der Waals surface area contributed by atoms with E-state index in [1.165, 1.54) is 0 Å². The van der Waals surface area contributed by atoms with Crippen molar-refractivity contribution >= 4 is 15.9 Å². The van der Waals surface area contributed by atoms with Gasteiger partial charge in [0.2, 0.25) is 0 Å². The quantitative estimate of drug-likeness (QED) is 0.844. The van der Waals surface area contributed by atoms with Crippen LogP contribution in [-0.2, 0) is 0 Å². The summed E-state index contributed by atoms with van der Waals surface area (Å²) in [6.45, 7) is 6.68. The Hall–Kier alpha value is -0.540. The van der Waals surface area contributed by atoms with Crippen molar-refractivity contribution in [3.05, 3.63) is 28.7 Å². The van der Waals surface area contributed by atoms with Gasteiger partial charge >= 0.3 is 0 Å². The first-order valence-corrected chi connectivity index (χ1v) is 6.61. The second-order valence-corrected chi connectivity index (χ2v) is 5.49. The van der Waals surface area contributed by atoms with Crippen LogP contribution in [0.2, 0.25) is 0 Å². The van der Waals surface area contributed by atoms with Crippen LogP contribution in [0.4, 0.5) is 0 Å². The highest BCUT2D eigenvalue weighted by atomic mass is 79.9. The lowest BCUT2D eigenvalue weighted by Crippen LogP contribution is -2.30. The fourth-order valence-electron chi connectivity index (χ4n) is 2.02. The molecule has 0 aliphatic carbocycles. The lowest BCUT2D eigenvalue weighted by atomic mass is 10.3. The van der Waals surface area contributed by atoms with Gasteiger partial charge in [0.25, 0.3) is 0 Å². The average Bonchev–Trinajstić information content (AvgIpc) is 2.70. The summed E-state index contributed by atoms with van der Waals surface area (Å²) in [5.41, 5.74) is 0. The Labute approximate surface area is 106 Å². The van der Waals surface area contributed by atoms with Crippen LogP contribution in [-0.4, -0.2) is 30.1 Å². The maximum Gasteiger partial charge on any atom is 0.119 e. The molecule has 0 N–H and O–H groups in total. The van der Waals surface area contributed by atoms with E-state index in [4.69, 9.17) is 4.74 Å². The van der Waals surface area contributed by atoms with Crippen molar-refractivity contribution in [1.82, 2.24) is 4.90 Å². The van der Waals surface area contributed by atoms with Gasteiger partial charge in [0, 0.05) is 23.6 Å². The van der Waals surface area contributed by atoms with Crippen LogP contribution in [0.3, 0.4) is 0 Å². The van der Waals surface area contributed by atoms with Gasteiger partial charge in [0.15, 0.2) is 0 Å². The Bertz CT molecular complexity index is 336. The number of halogens is 1. The van der Waals surface area contributed by atoms with E-state index in [1.807, 2.05) is 24.3 Å². The molecule has 0 amide bonds. The number of likely N-dealkylation sites (tertiary alicyclic amines) is 1. The molecular formula is C13H18BrNO. The minimum absolute atomic E-state index is 0.351. The lowest BCUT2D eigenvalue weighted by Gasteiger charge is -2.20. The molecule has 88 valence electrons. The van der Waals surface area contributed by atoms with Crippen molar-refractivity contribution in [3.8, 4) is 5.75 Å². The zero-order valence-electron chi connectivity index (χ0n) is 9.82. The normalized spacial score (nSPS) is 21.6. The first-order chi connectivity index (χ1) is 7.65. The summed E-state index contributed by atoms with van der Waals surface area (Å²) in [5.74, 6) is 0.971. The van der Waals surface area contributed by atoms with Gasteiger partial charge in [-0.25, -0.2) is 0 Å². The maximum absolute atomic E-state index is 5.95. The van der Waals surface area contributed by atoms with Gasteiger partial charge in [-0.2, -0.15) is 0 Å². The molecule has 1 aromatic rings. The van der Waals surface area contributed by atoms with E-state index in [2.05, 4.69) is 34.7 Å². The second kappa shape index (κ2) is 5.19. The highest BCUT2D eigenvalue weighted by molar-refractivity contribution is 9.10. The zero-order chi connectivity index (χ0) is 11.5. The van der Waals surface area contributed by atoms with Crippen LogP contribution in [0, 0.1) is 0 Å².